The van der Waals surface area contributed by atoms with E-state index in [4.69, 9.17) is 0 Å². The third-order valence-corrected chi connectivity index (χ3v) is 5.61. The minimum atomic E-state index is 0.167. The Balaban J connectivity index is 1.99. The topological polar surface area (TPSA) is 12.0 Å². The zero-order valence-electron chi connectivity index (χ0n) is 12.8. The summed E-state index contributed by atoms with van der Waals surface area (Å²) in [6.45, 7) is 7.61. The monoisotopic (exact) mass is 355 g/mol. The van der Waals surface area contributed by atoms with Crippen molar-refractivity contribution in [1.29, 1.82) is 0 Å². The van der Waals surface area contributed by atoms with Crippen LogP contribution in [0.1, 0.15) is 52.0 Å². The van der Waals surface area contributed by atoms with Crippen molar-refractivity contribution in [2.45, 2.75) is 63.4 Å². The largest absolute Gasteiger partial charge is 0.308 e. The third-order valence-electron chi connectivity index (χ3n) is 3.79. The molecule has 0 aromatic heterocycles. The Labute approximate surface area is 136 Å². The van der Waals surface area contributed by atoms with Gasteiger partial charge in [0.1, 0.15) is 0 Å². The van der Waals surface area contributed by atoms with Gasteiger partial charge in [0.15, 0.2) is 0 Å². The molecule has 0 radical (unpaired) electrons. The Hall–Kier alpha value is 0.01000. The summed E-state index contributed by atoms with van der Waals surface area (Å²) in [6, 6.07) is 6.68. The summed E-state index contributed by atoms with van der Waals surface area (Å²) in [5.41, 5.74) is 1.59. The number of halogens is 1. The van der Waals surface area contributed by atoms with Crippen molar-refractivity contribution in [1.82, 2.24) is 5.32 Å². The molecule has 0 atom stereocenters. The summed E-state index contributed by atoms with van der Waals surface area (Å²) in [6.07, 6.45) is 5.72. The highest BCUT2D eigenvalue weighted by atomic mass is 79.9. The zero-order valence-corrected chi connectivity index (χ0v) is 15.2. The lowest BCUT2D eigenvalue weighted by Crippen LogP contribution is -2.35. The smallest absolute Gasteiger partial charge is 0.0221 e. The maximum absolute atomic E-state index is 3.61. The number of rotatable bonds is 5. The Kier molecular flexibility index (Phi) is 6.00. The molecule has 1 fully saturated rings. The van der Waals surface area contributed by atoms with E-state index in [1.165, 1.54) is 46.4 Å². The Bertz CT molecular complexity index is 433. The van der Waals surface area contributed by atoms with Crippen LogP contribution in [-0.2, 0) is 6.54 Å². The molecule has 1 aliphatic rings. The summed E-state index contributed by atoms with van der Waals surface area (Å²) in [4.78, 5) is 1.43. The molecule has 2 rings (SSSR count). The van der Waals surface area contributed by atoms with E-state index >= 15 is 0 Å². The molecule has 0 aliphatic heterocycles. The van der Waals surface area contributed by atoms with Gasteiger partial charge in [0.2, 0.25) is 0 Å². The van der Waals surface area contributed by atoms with Crippen LogP contribution in [0.2, 0.25) is 0 Å². The van der Waals surface area contributed by atoms with Gasteiger partial charge in [-0.15, -0.1) is 11.8 Å². The van der Waals surface area contributed by atoms with Gasteiger partial charge in [-0.1, -0.05) is 34.8 Å². The molecular formula is C17H26BrNS. The van der Waals surface area contributed by atoms with Crippen molar-refractivity contribution in [2.24, 2.45) is 5.92 Å². The summed E-state index contributed by atoms with van der Waals surface area (Å²) in [5, 5.41) is 3.60. The van der Waals surface area contributed by atoms with Crippen LogP contribution < -0.4 is 5.32 Å². The molecule has 0 spiro atoms. The lowest BCUT2D eigenvalue weighted by atomic mass is 10.1. The lowest BCUT2D eigenvalue weighted by molar-refractivity contribution is 0.422. The highest BCUT2D eigenvalue weighted by molar-refractivity contribution is 9.10. The molecular weight excluding hydrogens is 330 g/mol. The van der Waals surface area contributed by atoms with E-state index in [0.29, 0.717) is 0 Å². The fourth-order valence-corrected chi connectivity index (χ4v) is 4.35. The standard InChI is InChI=1S/C17H26BrNS/c1-17(2,3)19-11-14-8-9-15(18)10-16(14)20-12-13-6-4-5-7-13/h8-10,13,19H,4-7,11-12H2,1-3H3. The van der Waals surface area contributed by atoms with Crippen LogP contribution in [-0.4, -0.2) is 11.3 Å². The van der Waals surface area contributed by atoms with Crippen LogP contribution in [0.5, 0.6) is 0 Å². The first-order valence-corrected chi connectivity index (χ1v) is 9.38. The number of benzene rings is 1. The average molecular weight is 356 g/mol. The molecule has 20 heavy (non-hydrogen) atoms. The van der Waals surface area contributed by atoms with Crippen LogP contribution in [0.4, 0.5) is 0 Å². The first kappa shape index (κ1) is 16.4. The van der Waals surface area contributed by atoms with Gasteiger partial charge in [-0.05, 0) is 57.2 Å². The lowest BCUT2D eigenvalue weighted by Gasteiger charge is -2.22. The molecule has 1 N–H and O–H groups in total. The van der Waals surface area contributed by atoms with Crippen molar-refractivity contribution in [3.05, 3.63) is 28.2 Å². The summed E-state index contributed by atoms with van der Waals surface area (Å²) >= 11 is 5.65. The van der Waals surface area contributed by atoms with E-state index in [1.807, 2.05) is 11.8 Å². The predicted octanol–water partition coefficient (Wildman–Crippen LogP) is 5.62. The van der Waals surface area contributed by atoms with Gasteiger partial charge >= 0.3 is 0 Å². The van der Waals surface area contributed by atoms with E-state index in [1.54, 1.807) is 0 Å². The number of hydrogen-bond donors (Lipinski definition) is 1. The predicted molar refractivity (Wildman–Crippen MR) is 93.4 cm³/mol. The van der Waals surface area contributed by atoms with Crippen LogP contribution in [0.15, 0.2) is 27.6 Å². The zero-order chi connectivity index (χ0) is 14.6. The second-order valence-electron chi connectivity index (χ2n) is 6.82. The highest BCUT2D eigenvalue weighted by Gasteiger charge is 2.16. The number of hydrogen-bond acceptors (Lipinski definition) is 2. The van der Waals surface area contributed by atoms with E-state index in [0.717, 1.165) is 12.5 Å². The average Bonchev–Trinajstić information content (AvgIpc) is 2.87. The molecule has 0 saturated heterocycles. The normalized spacial score (nSPS) is 16.8. The number of nitrogens with one attached hydrogen (secondary N) is 1. The van der Waals surface area contributed by atoms with Crippen LogP contribution in [0.3, 0.4) is 0 Å². The molecule has 1 aromatic rings. The molecule has 112 valence electrons. The Morgan fingerprint density at radius 1 is 1.25 bits per heavy atom. The fourth-order valence-electron chi connectivity index (χ4n) is 2.55. The second-order valence-corrected chi connectivity index (χ2v) is 8.79. The minimum Gasteiger partial charge on any atom is -0.308 e. The van der Waals surface area contributed by atoms with Crippen molar-refractivity contribution < 1.29 is 0 Å². The Morgan fingerprint density at radius 2 is 1.95 bits per heavy atom. The summed E-state index contributed by atoms with van der Waals surface area (Å²) in [7, 11) is 0. The molecule has 1 saturated carbocycles. The van der Waals surface area contributed by atoms with Crippen molar-refractivity contribution in [3.8, 4) is 0 Å². The van der Waals surface area contributed by atoms with Gasteiger partial charge in [0.25, 0.3) is 0 Å². The third kappa shape index (κ3) is 5.42. The van der Waals surface area contributed by atoms with Crippen LogP contribution in [0, 0.1) is 5.92 Å². The SMILES string of the molecule is CC(C)(C)NCc1ccc(Br)cc1SCC1CCCC1. The molecule has 0 unspecified atom stereocenters. The molecule has 1 nitrogen and oxygen atoms in total. The van der Waals surface area contributed by atoms with Gasteiger partial charge in [-0.25, -0.2) is 0 Å². The van der Waals surface area contributed by atoms with Crippen LogP contribution >= 0.6 is 27.7 Å². The minimum absolute atomic E-state index is 0.167. The van der Waals surface area contributed by atoms with E-state index in [-0.39, 0.29) is 5.54 Å². The Morgan fingerprint density at radius 3 is 2.60 bits per heavy atom. The van der Waals surface area contributed by atoms with E-state index in [9.17, 15) is 0 Å². The van der Waals surface area contributed by atoms with Gasteiger partial charge in [-0.2, -0.15) is 0 Å². The number of thioether (sulfide) groups is 1. The van der Waals surface area contributed by atoms with Gasteiger partial charge in [-0.3, -0.25) is 0 Å². The molecule has 0 amide bonds. The van der Waals surface area contributed by atoms with Gasteiger partial charge in [0, 0.05) is 27.2 Å². The van der Waals surface area contributed by atoms with Gasteiger partial charge < -0.3 is 5.32 Å². The van der Waals surface area contributed by atoms with E-state index < -0.39 is 0 Å². The fraction of sp³-hybridized carbons (Fsp3) is 0.647. The van der Waals surface area contributed by atoms with Crippen LogP contribution in [0.25, 0.3) is 0 Å². The molecule has 0 heterocycles. The maximum atomic E-state index is 3.61. The summed E-state index contributed by atoms with van der Waals surface area (Å²) < 4.78 is 1.19. The van der Waals surface area contributed by atoms with Crippen molar-refractivity contribution in [3.63, 3.8) is 0 Å². The second kappa shape index (κ2) is 7.33. The highest BCUT2D eigenvalue weighted by Crippen LogP contribution is 2.33. The molecule has 0 bridgehead atoms. The van der Waals surface area contributed by atoms with Crippen molar-refractivity contribution >= 4 is 27.7 Å². The quantitative estimate of drug-likeness (QED) is 0.687. The molecule has 1 aliphatic carbocycles. The first-order valence-electron chi connectivity index (χ1n) is 7.60. The van der Waals surface area contributed by atoms with E-state index in [2.05, 4.69) is 60.2 Å². The first-order chi connectivity index (χ1) is 9.44. The molecule has 1 aromatic carbocycles. The molecule has 3 heteroatoms. The van der Waals surface area contributed by atoms with Gasteiger partial charge in [0.05, 0.1) is 0 Å². The van der Waals surface area contributed by atoms with Crippen molar-refractivity contribution in [2.75, 3.05) is 5.75 Å². The summed E-state index contributed by atoms with van der Waals surface area (Å²) in [5.74, 6) is 2.21. The maximum Gasteiger partial charge on any atom is 0.0221 e.